The topological polar surface area (TPSA) is 88.2 Å². The Morgan fingerprint density at radius 3 is 2.46 bits per heavy atom. The van der Waals surface area contributed by atoms with Crippen LogP contribution < -0.4 is 19.5 Å². The van der Waals surface area contributed by atoms with Crippen LogP contribution in [0.15, 0.2) is 36.9 Å². The van der Waals surface area contributed by atoms with Crippen LogP contribution in [0.1, 0.15) is 32.1 Å². The number of hydrogen-bond donors (Lipinski definition) is 1. The average Bonchev–Trinajstić information content (AvgIpc) is 3.51. The lowest BCUT2D eigenvalue weighted by molar-refractivity contribution is 0.322. The molecule has 10 heteroatoms. The van der Waals surface area contributed by atoms with Gasteiger partial charge in [-0.15, -0.1) is 0 Å². The van der Waals surface area contributed by atoms with Crippen LogP contribution in [0.2, 0.25) is 5.28 Å². The number of imidazole rings is 1. The van der Waals surface area contributed by atoms with Gasteiger partial charge in [-0.3, -0.25) is 0 Å². The van der Waals surface area contributed by atoms with Gasteiger partial charge in [-0.2, -0.15) is 9.97 Å². The summed E-state index contributed by atoms with van der Waals surface area (Å²) in [4.78, 5) is 13.5. The van der Waals surface area contributed by atoms with E-state index in [0.29, 0.717) is 34.8 Å². The van der Waals surface area contributed by atoms with Crippen LogP contribution in [0, 0.1) is 5.92 Å². The summed E-state index contributed by atoms with van der Waals surface area (Å²) in [5.41, 5.74) is 1.65. The Morgan fingerprint density at radius 1 is 1.03 bits per heavy atom. The Morgan fingerprint density at radius 2 is 1.77 bits per heavy atom. The first-order valence-corrected chi connectivity index (χ1v) is 12.1. The molecule has 1 aromatic carbocycles. The van der Waals surface area contributed by atoms with Crippen molar-refractivity contribution < 1.29 is 14.2 Å². The largest absolute Gasteiger partial charge is 0.493 e. The van der Waals surface area contributed by atoms with Gasteiger partial charge in [-0.05, 0) is 36.4 Å². The summed E-state index contributed by atoms with van der Waals surface area (Å²) in [6.45, 7) is 0.950. The predicted octanol–water partition coefficient (Wildman–Crippen LogP) is 5.62. The van der Waals surface area contributed by atoms with Gasteiger partial charge >= 0.3 is 0 Å². The van der Waals surface area contributed by atoms with E-state index >= 15 is 0 Å². The summed E-state index contributed by atoms with van der Waals surface area (Å²) in [6.07, 6.45) is 12.1. The monoisotopic (exact) mass is 496 g/mol. The van der Waals surface area contributed by atoms with Crippen LogP contribution in [-0.4, -0.2) is 45.4 Å². The van der Waals surface area contributed by atoms with E-state index in [9.17, 15) is 0 Å². The van der Waals surface area contributed by atoms with Crippen LogP contribution >= 0.6 is 11.6 Å². The molecule has 9 nitrogen and oxygen atoms in total. The minimum absolute atomic E-state index is 0.202. The Labute approximate surface area is 209 Å². The molecule has 1 N–H and O–H groups in total. The summed E-state index contributed by atoms with van der Waals surface area (Å²) < 4.78 is 20.4. The number of ether oxygens (including phenoxy) is 3. The van der Waals surface area contributed by atoms with Crippen LogP contribution in [0.25, 0.3) is 16.7 Å². The Hall–Kier alpha value is -3.46. The molecule has 184 valence electrons. The zero-order chi connectivity index (χ0) is 24.4. The molecule has 0 aliphatic heterocycles. The van der Waals surface area contributed by atoms with Crippen molar-refractivity contribution in [1.82, 2.24) is 24.1 Å². The quantitative estimate of drug-likeness (QED) is 0.317. The predicted molar refractivity (Wildman–Crippen MR) is 136 cm³/mol. The van der Waals surface area contributed by atoms with Crippen molar-refractivity contribution >= 4 is 34.3 Å². The molecule has 0 saturated heterocycles. The first-order chi connectivity index (χ1) is 17.1. The number of anilines is 2. The van der Waals surface area contributed by atoms with Crippen molar-refractivity contribution in [1.29, 1.82) is 0 Å². The molecule has 0 bridgehead atoms. The number of methoxy groups -OCH3 is 3. The number of rotatable bonds is 8. The molecule has 1 fully saturated rings. The van der Waals surface area contributed by atoms with Crippen molar-refractivity contribution in [2.45, 2.75) is 38.6 Å². The highest BCUT2D eigenvalue weighted by atomic mass is 35.5. The van der Waals surface area contributed by atoms with Crippen molar-refractivity contribution in [3.63, 3.8) is 0 Å². The summed E-state index contributed by atoms with van der Waals surface area (Å²) in [7, 11) is 4.76. The Bertz CT molecular complexity index is 1300. The third kappa shape index (κ3) is 4.73. The molecular weight excluding hydrogens is 468 g/mol. The standard InChI is InChI=1S/C25H29ClN6O3/c1-33-19-11-17(12-20(34-2)22(19)35-3)32-14-21(27-15-32)28-23-18-9-10-31(24(18)30-25(26)29-23)13-16-7-5-4-6-8-16/h9-12,14-16H,4-8,13H2,1-3H3,(H,28,29,30). The summed E-state index contributed by atoms with van der Waals surface area (Å²) in [5.74, 6) is 3.58. The molecule has 1 aliphatic rings. The molecule has 1 saturated carbocycles. The van der Waals surface area contributed by atoms with Gasteiger partial charge in [-0.1, -0.05) is 19.3 Å². The number of fused-ring (bicyclic) bond motifs is 1. The number of halogens is 1. The molecule has 3 heterocycles. The highest BCUT2D eigenvalue weighted by Gasteiger charge is 2.18. The molecule has 1 aliphatic carbocycles. The molecule has 5 rings (SSSR count). The summed E-state index contributed by atoms with van der Waals surface area (Å²) >= 11 is 6.32. The second-order valence-corrected chi connectivity index (χ2v) is 9.06. The van der Waals surface area contributed by atoms with Gasteiger partial charge in [0.25, 0.3) is 0 Å². The fraction of sp³-hybridized carbons (Fsp3) is 0.400. The summed E-state index contributed by atoms with van der Waals surface area (Å²) in [6, 6.07) is 5.75. The lowest BCUT2D eigenvalue weighted by Gasteiger charge is -2.22. The summed E-state index contributed by atoms with van der Waals surface area (Å²) in [5, 5.41) is 4.42. The van der Waals surface area contributed by atoms with Crippen LogP contribution in [0.4, 0.5) is 11.6 Å². The second-order valence-electron chi connectivity index (χ2n) is 8.73. The molecule has 0 spiro atoms. The van der Waals surface area contributed by atoms with Crippen molar-refractivity contribution in [2.75, 3.05) is 26.6 Å². The van der Waals surface area contributed by atoms with Gasteiger partial charge in [0.15, 0.2) is 11.5 Å². The van der Waals surface area contributed by atoms with Gasteiger partial charge in [0, 0.05) is 24.9 Å². The van der Waals surface area contributed by atoms with E-state index in [1.807, 2.05) is 29.0 Å². The lowest BCUT2D eigenvalue weighted by Crippen LogP contribution is -2.14. The Kier molecular flexibility index (Phi) is 6.68. The second kappa shape index (κ2) is 10.0. The van der Waals surface area contributed by atoms with E-state index in [1.54, 1.807) is 27.7 Å². The van der Waals surface area contributed by atoms with Crippen LogP contribution in [0.5, 0.6) is 17.2 Å². The van der Waals surface area contributed by atoms with E-state index in [4.69, 9.17) is 25.8 Å². The molecule has 0 unspecified atom stereocenters. The average molecular weight is 497 g/mol. The van der Waals surface area contributed by atoms with Gasteiger partial charge in [0.1, 0.15) is 23.6 Å². The van der Waals surface area contributed by atoms with E-state index in [0.717, 1.165) is 23.3 Å². The molecule has 0 amide bonds. The molecule has 4 aromatic rings. The fourth-order valence-corrected chi connectivity index (χ4v) is 4.96. The van der Waals surface area contributed by atoms with Crippen molar-refractivity contribution in [3.05, 3.63) is 42.2 Å². The minimum atomic E-state index is 0.202. The van der Waals surface area contributed by atoms with E-state index in [-0.39, 0.29) is 5.28 Å². The maximum Gasteiger partial charge on any atom is 0.226 e. The third-order valence-electron chi connectivity index (χ3n) is 6.55. The highest BCUT2D eigenvalue weighted by molar-refractivity contribution is 6.28. The van der Waals surface area contributed by atoms with Crippen LogP contribution in [0.3, 0.4) is 0 Å². The number of hydrogen-bond acceptors (Lipinski definition) is 7. The first-order valence-electron chi connectivity index (χ1n) is 11.7. The molecule has 35 heavy (non-hydrogen) atoms. The van der Waals surface area contributed by atoms with Gasteiger partial charge in [0.05, 0.1) is 38.6 Å². The number of nitrogens with one attached hydrogen (secondary N) is 1. The molecule has 0 radical (unpaired) electrons. The maximum atomic E-state index is 6.32. The number of aromatic nitrogens is 5. The van der Waals surface area contributed by atoms with Crippen LogP contribution in [-0.2, 0) is 6.54 Å². The third-order valence-corrected chi connectivity index (χ3v) is 6.72. The molecule has 3 aromatic heterocycles. The van der Waals surface area contributed by atoms with E-state index in [1.165, 1.54) is 32.1 Å². The van der Waals surface area contributed by atoms with Crippen molar-refractivity contribution in [3.8, 4) is 22.9 Å². The highest BCUT2D eigenvalue weighted by Crippen LogP contribution is 2.39. The normalized spacial score (nSPS) is 14.3. The number of nitrogens with zero attached hydrogens (tertiary/aromatic N) is 5. The van der Waals surface area contributed by atoms with Gasteiger partial charge in [-0.25, -0.2) is 4.98 Å². The van der Waals surface area contributed by atoms with Gasteiger partial charge in [0.2, 0.25) is 11.0 Å². The minimum Gasteiger partial charge on any atom is -0.493 e. The smallest absolute Gasteiger partial charge is 0.226 e. The molecular formula is C25H29ClN6O3. The van der Waals surface area contributed by atoms with E-state index < -0.39 is 0 Å². The maximum absolute atomic E-state index is 6.32. The SMILES string of the molecule is COc1cc(-n2cnc(Nc3nc(Cl)nc4c3ccn4CC3CCCCC3)c2)cc(OC)c1OC. The van der Waals surface area contributed by atoms with Crippen molar-refractivity contribution in [2.24, 2.45) is 5.92 Å². The first kappa shape index (κ1) is 23.3. The lowest BCUT2D eigenvalue weighted by atomic mass is 9.89. The Balaban J connectivity index is 1.42. The number of benzene rings is 1. The van der Waals surface area contributed by atoms with Gasteiger partial charge < -0.3 is 28.7 Å². The zero-order valence-electron chi connectivity index (χ0n) is 20.1. The van der Waals surface area contributed by atoms with E-state index in [2.05, 4.69) is 31.0 Å². The fourth-order valence-electron chi connectivity index (χ4n) is 4.80. The zero-order valence-corrected chi connectivity index (χ0v) is 20.9. The molecule has 0 atom stereocenters.